The van der Waals surface area contributed by atoms with E-state index in [-0.39, 0.29) is 17.2 Å². The van der Waals surface area contributed by atoms with E-state index >= 15 is 0 Å². The summed E-state index contributed by atoms with van der Waals surface area (Å²) in [6.07, 6.45) is 7.19. The predicted octanol–water partition coefficient (Wildman–Crippen LogP) is 6.17. The molecule has 1 unspecified atom stereocenters. The Kier molecular flexibility index (Phi) is 8.98. The minimum Gasteiger partial charge on any atom is -0.342 e. The summed E-state index contributed by atoms with van der Waals surface area (Å²) in [4.78, 5) is 32.8. The summed E-state index contributed by atoms with van der Waals surface area (Å²) >= 11 is 12.7. The number of likely N-dealkylation sites (tertiary alicyclic amines) is 2. The fraction of sp³-hybridized carbons (Fsp3) is 0.562. The summed E-state index contributed by atoms with van der Waals surface area (Å²) in [6.45, 7) is 9.10. The maximum absolute atomic E-state index is 13.1. The molecule has 6 nitrogen and oxygen atoms in total. The Morgan fingerprint density at radius 2 is 1.80 bits per heavy atom. The van der Waals surface area contributed by atoms with Gasteiger partial charge in [-0.1, -0.05) is 54.7 Å². The summed E-state index contributed by atoms with van der Waals surface area (Å²) in [5.74, 6) is 0.420. The smallest absolute Gasteiger partial charge is 0.247 e. The summed E-state index contributed by atoms with van der Waals surface area (Å²) < 4.78 is 0. The monoisotopic (exact) mass is 584 g/mol. The van der Waals surface area contributed by atoms with E-state index in [2.05, 4.69) is 64.2 Å². The van der Waals surface area contributed by atoms with Crippen molar-refractivity contribution in [2.75, 3.05) is 44.3 Å². The molecule has 3 fully saturated rings. The van der Waals surface area contributed by atoms with Crippen LogP contribution >= 0.6 is 23.2 Å². The summed E-state index contributed by atoms with van der Waals surface area (Å²) in [5, 5.41) is 4.25. The maximum atomic E-state index is 13.1. The quantitative estimate of drug-likeness (QED) is 0.383. The molecule has 8 heteroatoms. The first-order valence-electron chi connectivity index (χ1n) is 14.8. The molecule has 0 radical (unpaired) electrons. The van der Waals surface area contributed by atoms with Gasteiger partial charge in [0.05, 0.1) is 16.7 Å². The van der Waals surface area contributed by atoms with Gasteiger partial charge in [-0.05, 0) is 87.4 Å². The SMILES string of the molecule is CCCCC(=O)N1CCC(CCCN2CCC3(CC2)C(=O)NCN3c2cccc(C)c2)(c2ccc(Cl)c(Cl)c2)C1. The number of nitrogens with zero attached hydrogens (tertiary/aromatic N) is 3. The zero-order valence-electron chi connectivity index (χ0n) is 23.9. The van der Waals surface area contributed by atoms with Crippen molar-refractivity contribution >= 4 is 40.7 Å². The second kappa shape index (κ2) is 12.3. The largest absolute Gasteiger partial charge is 0.342 e. The van der Waals surface area contributed by atoms with E-state index in [4.69, 9.17) is 23.2 Å². The van der Waals surface area contributed by atoms with Crippen molar-refractivity contribution in [1.29, 1.82) is 0 Å². The van der Waals surface area contributed by atoms with Crippen molar-refractivity contribution < 1.29 is 9.59 Å². The van der Waals surface area contributed by atoms with Crippen molar-refractivity contribution in [3.8, 4) is 0 Å². The third-order valence-electron chi connectivity index (χ3n) is 9.45. The summed E-state index contributed by atoms with van der Waals surface area (Å²) in [5.41, 5.74) is 2.94. The van der Waals surface area contributed by atoms with Crippen LogP contribution < -0.4 is 10.2 Å². The number of carbonyl (C=O) groups excluding carboxylic acids is 2. The van der Waals surface area contributed by atoms with Gasteiger partial charge in [-0.25, -0.2) is 0 Å². The van der Waals surface area contributed by atoms with Crippen molar-refractivity contribution in [2.24, 2.45) is 0 Å². The van der Waals surface area contributed by atoms with Gasteiger partial charge in [0, 0.05) is 43.7 Å². The van der Waals surface area contributed by atoms with Crippen LogP contribution in [0.15, 0.2) is 42.5 Å². The lowest BCUT2D eigenvalue weighted by Gasteiger charge is -2.43. The Morgan fingerprint density at radius 1 is 1.00 bits per heavy atom. The van der Waals surface area contributed by atoms with E-state index in [1.807, 2.05) is 12.1 Å². The molecule has 0 saturated carbocycles. The van der Waals surface area contributed by atoms with Crippen molar-refractivity contribution in [1.82, 2.24) is 15.1 Å². The fourth-order valence-electron chi connectivity index (χ4n) is 6.99. The van der Waals surface area contributed by atoms with Crippen LogP contribution in [0.1, 0.15) is 69.4 Å². The topological polar surface area (TPSA) is 55.9 Å². The molecule has 2 aromatic rings. The van der Waals surface area contributed by atoms with E-state index in [9.17, 15) is 9.59 Å². The number of amides is 2. The highest BCUT2D eigenvalue weighted by atomic mass is 35.5. The first kappa shape index (κ1) is 29.2. The number of unbranched alkanes of at least 4 members (excludes halogenated alkanes) is 1. The van der Waals surface area contributed by atoms with Gasteiger partial charge >= 0.3 is 0 Å². The normalized spacial score (nSPS) is 22.8. The van der Waals surface area contributed by atoms with Crippen molar-refractivity contribution in [3.05, 3.63) is 63.6 Å². The average molecular weight is 586 g/mol. The summed E-state index contributed by atoms with van der Waals surface area (Å²) in [7, 11) is 0. The zero-order chi connectivity index (χ0) is 28.3. The third kappa shape index (κ3) is 5.86. The van der Waals surface area contributed by atoms with Crippen LogP contribution in [-0.4, -0.2) is 66.5 Å². The molecule has 2 aromatic carbocycles. The molecule has 3 aliphatic rings. The Labute approximate surface area is 249 Å². The van der Waals surface area contributed by atoms with E-state index in [1.54, 1.807) is 0 Å². The Morgan fingerprint density at radius 3 is 2.52 bits per heavy atom. The maximum Gasteiger partial charge on any atom is 0.247 e. The second-order valence-corrected chi connectivity index (χ2v) is 12.8. The predicted molar refractivity (Wildman–Crippen MR) is 163 cm³/mol. The molecule has 1 N–H and O–H groups in total. The molecule has 216 valence electrons. The molecule has 0 aliphatic carbocycles. The molecule has 0 bridgehead atoms. The van der Waals surface area contributed by atoms with Gasteiger partial charge < -0.3 is 20.0 Å². The molecular weight excluding hydrogens is 543 g/mol. The second-order valence-electron chi connectivity index (χ2n) is 12.0. The number of carbonyl (C=O) groups is 2. The van der Waals surface area contributed by atoms with E-state index in [0.29, 0.717) is 23.1 Å². The molecule has 1 spiro atoms. The van der Waals surface area contributed by atoms with Crippen LogP contribution in [0.2, 0.25) is 10.0 Å². The molecule has 40 heavy (non-hydrogen) atoms. The standard InChI is InChI=1S/C32H42Cl2N4O2/c1-3-4-9-29(39)37-19-13-31(22-37,25-10-11-27(33)28(34)21-25)12-6-16-36-17-14-32(15-18-36)30(40)35-23-38(32)26-8-5-7-24(2)20-26/h5,7-8,10-11,20-21H,3-4,6,9,12-19,22-23H2,1-2H3,(H,35,40). The first-order chi connectivity index (χ1) is 19.3. The van der Waals surface area contributed by atoms with Gasteiger partial charge in [0.1, 0.15) is 5.54 Å². The van der Waals surface area contributed by atoms with Gasteiger partial charge in [0.2, 0.25) is 11.8 Å². The minimum atomic E-state index is -0.462. The number of hydrogen-bond donors (Lipinski definition) is 1. The minimum absolute atomic E-state index is 0.111. The number of aryl methyl sites for hydroxylation is 1. The number of halogens is 2. The van der Waals surface area contributed by atoms with Crippen LogP contribution in [0.4, 0.5) is 5.69 Å². The molecule has 3 aliphatic heterocycles. The van der Waals surface area contributed by atoms with Crippen LogP contribution in [0.5, 0.6) is 0 Å². The van der Waals surface area contributed by atoms with Gasteiger partial charge in [-0.3, -0.25) is 9.59 Å². The number of hydrogen-bond acceptors (Lipinski definition) is 4. The van der Waals surface area contributed by atoms with Gasteiger partial charge in [0.25, 0.3) is 0 Å². The zero-order valence-corrected chi connectivity index (χ0v) is 25.4. The van der Waals surface area contributed by atoms with E-state index < -0.39 is 5.54 Å². The lowest BCUT2D eigenvalue weighted by molar-refractivity contribution is -0.130. The number of benzene rings is 2. The summed E-state index contributed by atoms with van der Waals surface area (Å²) in [6, 6.07) is 14.4. The Balaban J connectivity index is 1.23. The lowest BCUT2D eigenvalue weighted by Crippen LogP contribution is -2.56. The number of piperidine rings is 1. The van der Waals surface area contributed by atoms with Gasteiger partial charge in [-0.2, -0.15) is 0 Å². The third-order valence-corrected chi connectivity index (χ3v) is 10.2. The first-order valence-corrected chi connectivity index (χ1v) is 15.6. The van der Waals surface area contributed by atoms with Crippen LogP contribution in [0, 0.1) is 6.92 Å². The molecule has 3 heterocycles. The van der Waals surface area contributed by atoms with Gasteiger partial charge in [-0.15, -0.1) is 0 Å². The van der Waals surface area contributed by atoms with Crippen molar-refractivity contribution in [2.45, 2.75) is 76.2 Å². The fourth-order valence-corrected chi connectivity index (χ4v) is 7.29. The average Bonchev–Trinajstić information content (AvgIpc) is 3.52. The van der Waals surface area contributed by atoms with Crippen LogP contribution in [0.25, 0.3) is 0 Å². The van der Waals surface area contributed by atoms with Gasteiger partial charge in [0.15, 0.2) is 0 Å². The highest BCUT2D eigenvalue weighted by molar-refractivity contribution is 6.42. The number of rotatable bonds is 9. The molecule has 3 saturated heterocycles. The lowest BCUT2D eigenvalue weighted by atomic mass is 9.76. The van der Waals surface area contributed by atoms with Crippen molar-refractivity contribution in [3.63, 3.8) is 0 Å². The number of anilines is 1. The highest BCUT2D eigenvalue weighted by Gasteiger charge is 2.50. The van der Waals surface area contributed by atoms with Crippen LogP contribution in [0.3, 0.4) is 0 Å². The molecule has 1 atom stereocenters. The Hall–Kier alpha value is -2.28. The highest BCUT2D eigenvalue weighted by Crippen LogP contribution is 2.42. The van der Waals surface area contributed by atoms with E-state index in [0.717, 1.165) is 83.4 Å². The van der Waals surface area contributed by atoms with E-state index in [1.165, 1.54) is 11.1 Å². The molecular formula is C32H42Cl2N4O2. The van der Waals surface area contributed by atoms with Crippen LogP contribution in [-0.2, 0) is 15.0 Å². The molecule has 2 amide bonds. The molecule has 0 aromatic heterocycles. The number of nitrogens with one attached hydrogen (secondary N) is 1. The molecule has 5 rings (SSSR count). The Bertz CT molecular complexity index is 1230.